The van der Waals surface area contributed by atoms with Crippen LogP contribution < -0.4 is 11.1 Å². The highest BCUT2D eigenvalue weighted by molar-refractivity contribution is 6.04. The molecule has 1 aromatic carbocycles. The molecule has 2 rings (SSSR count). The number of aromatic nitrogens is 2. The maximum absolute atomic E-state index is 11.8. The number of carbonyl (C=O) groups excluding carboxylic acids is 1. The van der Waals surface area contributed by atoms with Crippen molar-refractivity contribution in [3.05, 3.63) is 52.2 Å². The molecular weight excluding hydrogens is 250 g/mol. The average molecular weight is 259 g/mol. The second-order valence-electron chi connectivity index (χ2n) is 3.59. The van der Waals surface area contributed by atoms with Gasteiger partial charge in [-0.1, -0.05) is 0 Å². The van der Waals surface area contributed by atoms with Gasteiger partial charge in [0.25, 0.3) is 11.6 Å². The molecule has 0 saturated carbocycles. The fourth-order valence-electron chi connectivity index (χ4n) is 1.42. The summed E-state index contributed by atoms with van der Waals surface area (Å²) in [7, 11) is 0. The number of nitrogen functional groups attached to an aromatic ring is 1. The van der Waals surface area contributed by atoms with Crippen LogP contribution in [0.15, 0.2) is 36.5 Å². The van der Waals surface area contributed by atoms with E-state index in [1.807, 2.05) is 0 Å². The summed E-state index contributed by atoms with van der Waals surface area (Å²) < 4.78 is 0. The largest absolute Gasteiger partial charge is 0.393 e. The number of hydrogen-bond acceptors (Lipinski definition) is 6. The number of amides is 1. The SMILES string of the molecule is Nc1cc(C(=O)Nc2cccnn2)ccc1[N+](=O)[O-]. The van der Waals surface area contributed by atoms with Crippen LogP contribution >= 0.6 is 0 Å². The van der Waals surface area contributed by atoms with Crippen molar-refractivity contribution in [2.75, 3.05) is 11.1 Å². The van der Waals surface area contributed by atoms with E-state index < -0.39 is 10.8 Å². The maximum atomic E-state index is 11.8. The highest BCUT2D eigenvalue weighted by Gasteiger charge is 2.14. The predicted octanol–water partition coefficient (Wildman–Crippen LogP) is 1.22. The Morgan fingerprint density at radius 1 is 1.37 bits per heavy atom. The topological polar surface area (TPSA) is 124 Å². The molecule has 1 heterocycles. The highest BCUT2D eigenvalue weighted by Crippen LogP contribution is 2.22. The Balaban J connectivity index is 2.21. The van der Waals surface area contributed by atoms with Gasteiger partial charge in [0.15, 0.2) is 5.82 Å². The van der Waals surface area contributed by atoms with E-state index in [4.69, 9.17) is 5.73 Å². The second kappa shape index (κ2) is 5.08. The molecule has 0 aliphatic carbocycles. The van der Waals surface area contributed by atoms with Crippen LogP contribution in [0.25, 0.3) is 0 Å². The first-order valence-corrected chi connectivity index (χ1v) is 5.21. The molecule has 96 valence electrons. The van der Waals surface area contributed by atoms with Gasteiger partial charge in [0.2, 0.25) is 0 Å². The van der Waals surface area contributed by atoms with Crippen LogP contribution in [0.5, 0.6) is 0 Å². The molecule has 19 heavy (non-hydrogen) atoms. The summed E-state index contributed by atoms with van der Waals surface area (Å²) in [6.07, 6.45) is 1.47. The van der Waals surface area contributed by atoms with Crippen LogP contribution in [0.2, 0.25) is 0 Å². The normalized spacial score (nSPS) is 9.89. The molecule has 0 spiro atoms. The number of nitro groups is 1. The summed E-state index contributed by atoms with van der Waals surface area (Å²) >= 11 is 0. The lowest BCUT2D eigenvalue weighted by atomic mass is 10.1. The molecule has 0 atom stereocenters. The molecule has 3 N–H and O–H groups in total. The van der Waals surface area contributed by atoms with Crippen molar-refractivity contribution in [3.63, 3.8) is 0 Å². The zero-order valence-electron chi connectivity index (χ0n) is 9.61. The summed E-state index contributed by atoms with van der Waals surface area (Å²) in [5.74, 6) is -0.188. The van der Waals surface area contributed by atoms with Crippen LogP contribution in [-0.4, -0.2) is 21.0 Å². The standard InChI is InChI=1S/C11H9N5O3/c12-8-6-7(3-4-9(8)16(18)19)11(17)14-10-2-1-5-13-15-10/h1-6H,12H2,(H,14,15,17). The number of carbonyl (C=O) groups is 1. The zero-order chi connectivity index (χ0) is 13.8. The number of nitrogens with two attached hydrogens (primary N) is 1. The number of anilines is 2. The van der Waals surface area contributed by atoms with E-state index in [9.17, 15) is 14.9 Å². The maximum Gasteiger partial charge on any atom is 0.292 e. The minimum Gasteiger partial charge on any atom is -0.393 e. The van der Waals surface area contributed by atoms with Gasteiger partial charge in [-0.25, -0.2) is 0 Å². The minimum atomic E-state index is -0.611. The highest BCUT2D eigenvalue weighted by atomic mass is 16.6. The third-order valence-corrected chi connectivity index (χ3v) is 2.30. The smallest absolute Gasteiger partial charge is 0.292 e. The van der Waals surface area contributed by atoms with Gasteiger partial charge in [-0.15, -0.1) is 5.10 Å². The van der Waals surface area contributed by atoms with E-state index in [-0.39, 0.29) is 22.8 Å². The average Bonchev–Trinajstić information content (AvgIpc) is 2.39. The lowest BCUT2D eigenvalue weighted by Gasteiger charge is -2.04. The summed E-state index contributed by atoms with van der Waals surface area (Å²) in [6.45, 7) is 0. The van der Waals surface area contributed by atoms with Crippen LogP contribution in [0.4, 0.5) is 17.2 Å². The fraction of sp³-hybridized carbons (Fsp3) is 0. The van der Waals surface area contributed by atoms with Crippen LogP contribution in [0, 0.1) is 10.1 Å². The third-order valence-electron chi connectivity index (χ3n) is 2.30. The molecular formula is C11H9N5O3. The van der Waals surface area contributed by atoms with Crippen molar-refractivity contribution in [2.24, 2.45) is 0 Å². The summed E-state index contributed by atoms with van der Waals surface area (Å²) in [6, 6.07) is 6.93. The Hall–Kier alpha value is -3.03. The number of hydrogen-bond donors (Lipinski definition) is 2. The fourth-order valence-corrected chi connectivity index (χ4v) is 1.42. The predicted molar refractivity (Wildman–Crippen MR) is 67.5 cm³/mol. The molecule has 1 aromatic heterocycles. The Labute approximate surface area is 107 Å². The van der Waals surface area contributed by atoms with E-state index in [1.165, 1.54) is 24.4 Å². The summed E-state index contributed by atoms with van der Waals surface area (Å²) in [5, 5.41) is 20.4. The number of nitro benzene ring substituents is 1. The second-order valence-corrected chi connectivity index (χ2v) is 3.59. The van der Waals surface area contributed by atoms with Gasteiger partial charge in [0.1, 0.15) is 5.69 Å². The molecule has 0 bridgehead atoms. The molecule has 0 saturated heterocycles. The molecule has 8 heteroatoms. The minimum absolute atomic E-state index is 0.0724. The first-order valence-electron chi connectivity index (χ1n) is 5.21. The van der Waals surface area contributed by atoms with E-state index in [0.29, 0.717) is 0 Å². The molecule has 0 fully saturated rings. The Kier molecular flexibility index (Phi) is 3.33. The molecule has 0 aliphatic heterocycles. The lowest BCUT2D eigenvalue weighted by molar-refractivity contribution is -0.383. The van der Waals surface area contributed by atoms with Gasteiger partial charge in [-0.3, -0.25) is 14.9 Å². The van der Waals surface area contributed by atoms with Crippen molar-refractivity contribution in [3.8, 4) is 0 Å². The quantitative estimate of drug-likeness (QED) is 0.485. The van der Waals surface area contributed by atoms with Gasteiger partial charge in [0.05, 0.1) is 4.92 Å². The molecule has 0 unspecified atom stereocenters. The first kappa shape index (κ1) is 12.4. The molecule has 1 amide bonds. The Morgan fingerprint density at radius 3 is 2.74 bits per heavy atom. The van der Waals surface area contributed by atoms with Crippen molar-refractivity contribution >= 4 is 23.1 Å². The molecule has 0 radical (unpaired) electrons. The Bertz CT molecular complexity index is 629. The van der Waals surface area contributed by atoms with Gasteiger partial charge >= 0.3 is 0 Å². The van der Waals surface area contributed by atoms with E-state index in [1.54, 1.807) is 12.1 Å². The van der Waals surface area contributed by atoms with Gasteiger partial charge in [-0.2, -0.15) is 5.10 Å². The van der Waals surface area contributed by atoms with E-state index in [0.717, 1.165) is 0 Å². The summed E-state index contributed by atoms with van der Waals surface area (Å²) in [5.41, 5.74) is 5.39. The van der Waals surface area contributed by atoms with Crippen molar-refractivity contribution in [1.29, 1.82) is 0 Å². The van der Waals surface area contributed by atoms with E-state index in [2.05, 4.69) is 15.5 Å². The number of benzene rings is 1. The lowest BCUT2D eigenvalue weighted by Crippen LogP contribution is -2.13. The van der Waals surface area contributed by atoms with Crippen LogP contribution in [-0.2, 0) is 0 Å². The van der Waals surface area contributed by atoms with E-state index >= 15 is 0 Å². The van der Waals surface area contributed by atoms with Crippen molar-refractivity contribution in [1.82, 2.24) is 10.2 Å². The van der Waals surface area contributed by atoms with Gasteiger partial charge in [-0.05, 0) is 24.3 Å². The molecule has 2 aromatic rings. The van der Waals surface area contributed by atoms with Crippen molar-refractivity contribution in [2.45, 2.75) is 0 Å². The molecule has 0 aliphatic rings. The van der Waals surface area contributed by atoms with Crippen molar-refractivity contribution < 1.29 is 9.72 Å². The Morgan fingerprint density at radius 2 is 2.16 bits per heavy atom. The van der Waals surface area contributed by atoms with Crippen LogP contribution in [0.3, 0.4) is 0 Å². The van der Waals surface area contributed by atoms with Gasteiger partial charge in [0, 0.05) is 17.8 Å². The number of rotatable bonds is 3. The number of nitrogens with zero attached hydrogens (tertiary/aromatic N) is 3. The van der Waals surface area contributed by atoms with Gasteiger partial charge < -0.3 is 11.1 Å². The monoisotopic (exact) mass is 259 g/mol. The molecule has 8 nitrogen and oxygen atoms in total. The summed E-state index contributed by atoms with van der Waals surface area (Å²) in [4.78, 5) is 21.8. The van der Waals surface area contributed by atoms with Crippen LogP contribution in [0.1, 0.15) is 10.4 Å². The number of nitrogens with one attached hydrogen (secondary N) is 1. The first-order chi connectivity index (χ1) is 9.08. The third kappa shape index (κ3) is 2.80. The zero-order valence-corrected chi connectivity index (χ0v) is 9.61.